The van der Waals surface area contributed by atoms with E-state index in [4.69, 9.17) is 0 Å². The first-order valence-corrected chi connectivity index (χ1v) is 3.31. The van der Waals surface area contributed by atoms with Crippen molar-refractivity contribution in [2.75, 3.05) is 0 Å². The van der Waals surface area contributed by atoms with Crippen LogP contribution < -0.4 is 0 Å². The minimum atomic E-state index is -4.52. The minimum Gasteiger partial charge on any atom is -0.294 e. The molecule has 69 valence electrons. The molecule has 0 atom stereocenters. The second kappa shape index (κ2) is 3.16. The van der Waals surface area contributed by atoms with E-state index in [0.29, 0.717) is 6.07 Å². The molecule has 0 saturated heterocycles. The summed E-state index contributed by atoms with van der Waals surface area (Å²) in [6.07, 6.45) is -3.59. The minimum absolute atomic E-state index is 0.0951. The highest BCUT2D eigenvalue weighted by Gasteiger charge is 2.32. The van der Waals surface area contributed by atoms with Gasteiger partial charge in [0.15, 0.2) is 5.78 Å². The van der Waals surface area contributed by atoms with E-state index >= 15 is 0 Å². The molecule has 0 aromatic carbocycles. The van der Waals surface area contributed by atoms with Crippen molar-refractivity contribution in [1.82, 2.24) is 4.98 Å². The smallest absolute Gasteiger partial charge is 0.294 e. The molecule has 0 N–H and O–H groups in total. The molecular formula is C8H5F3NO. The average molecular weight is 188 g/mol. The lowest BCUT2D eigenvalue weighted by atomic mass is 10.1. The van der Waals surface area contributed by atoms with Gasteiger partial charge in [-0.25, -0.2) is 0 Å². The van der Waals surface area contributed by atoms with Crippen molar-refractivity contribution in [1.29, 1.82) is 0 Å². The van der Waals surface area contributed by atoms with E-state index in [9.17, 15) is 18.0 Å². The Morgan fingerprint density at radius 3 is 2.54 bits per heavy atom. The Labute approximate surface area is 72.4 Å². The van der Waals surface area contributed by atoms with E-state index in [2.05, 4.69) is 11.9 Å². The van der Waals surface area contributed by atoms with Gasteiger partial charge in [-0.2, -0.15) is 13.2 Å². The van der Waals surface area contributed by atoms with Gasteiger partial charge in [-0.1, -0.05) is 0 Å². The molecule has 0 aliphatic heterocycles. The van der Waals surface area contributed by atoms with Crippen molar-refractivity contribution in [3.8, 4) is 0 Å². The van der Waals surface area contributed by atoms with Crippen molar-refractivity contribution in [3.63, 3.8) is 0 Å². The molecule has 0 amide bonds. The topological polar surface area (TPSA) is 30.0 Å². The number of hydrogen-bond donors (Lipinski definition) is 0. The third kappa shape index (κ3) is 2.27. The van der Waals surface area contributed by atoms with Gasteiger partial charge in [0, 0.05) is 18.7 Å². The molecule has 5 heteroatoms. The van der Waals surface area contributed by atoms with Crippen LogP contribution in [-0.4, -0.2) is 10.8 Å². The van der Waals surface area contributed by atoms with Crippen molar-refractivity contribution in [2.24, 2.45) is 0 Å². The summed E-state index contributed by atoms with van der Waals surface area (Å²) >= 11 is 0. The number of alkyl halides is 3. The Morgan fingerprint density at radius 2 is 2.08 bits per heavy atom. The number of rotatable bonds is 1. The average Bonchev–Trinajstić information content (AvgIpc) is 2.03. The summed E-state index contributed by atoms with van der Waals surface area (Å²) in [6, 6.07) is 1.86. The predicted octanol–water partition coefficient (Wildman–Crippen LogP) is 2.12. The van der Waals surface area contributed by atoms with Crippen LogP contribution in [0.15, 0.2) is 18.3 Å². The predicted molar refractivity (Wildman–Crippen MR) is 38.9 cm³/mol. The van der Waals surface area contributed by atoms with Gasteiger partial charge in [0.2, 0.25) is 0 Å². The number of Topliss-reactive ketones (excluding diaryl/α,β-unsaturated/α-hetero) is 1. The van der Waals surface area contributed by atoms with Gasteiger partial charge in [0.25, 0.3) is 0 Å². The third-order valence-corrected chi connectivity index (χ3v) is 1.37. The highest BCUT2D eigenvalue weighted by atomic mass is 19.4. The van der Waals surface area contributed by atoms with Gasteiger partial charge in [0.1, 0.15) is 5.69 Å². The summed E-state index contributed by atoms with van der Waals surface area (Å²) in [7, 11) is 0. The van der Waals surface area contributed by atoms with E-state index < -0.39 is 17.7 Å². The van der Waals surface area contributed by atoms with Crippen LogP contribution in [0.25, 0.3) is 0 Å². The summed E-state index contributed by atoms with van der Waals surface area (Å²) in [6.45, 7) is 3.00. The Kier molecular flexibility index (Phi) is 2.36. The van der Waals surface area contributed by atoms with Crippen LogP contribution in [0.5, 0.6) is 0 Å². The van der Waals surface area contributed by atoms with E-state index in [0.717, 1.165) is 6.20 Å². The zero-order chi connectivity index (χ0) is 10.1. The lowest BCUT2D eigenvalue weighted by Crippen LogP contribution is -2.09. The number of halogens is 3. The van der Waals surface area contributed by atoms with Crippen LogP contribution >= 0.6 is 0 Å². The summed E-state index contributed by atoms with van der Waals surface area (Å²) in [4.78, 5) is 13.7. The Balaban J connectivity index is 3.13. The lowest BCUT2D eigenvalue weighted by molar-refractivity contribution is -0.141. The fraction of sp³-hybridized carbons (Fsp3) is 0.125. The molecule has 2 nitrogen and oxygen atoms in total. The Hall–Kier alpha value is -1.39. The highest BCUT2D eigenvalue weighted by Crippen LogP contribution is 2.27. The monoisotopic (exact) mass is 188 g/mol. The Bertz CT molecular complexity index is 332. The second-order valence-corrected chi connectivity index (χ2v) is 2.35. The van der Waals surface area contributed by atoms with Crippen LogP contribution in [0.4, 0.5) is 13.2 Å². The summed E-state index contributed by atoms with van der Waals surface area (Å²) in [5, 5.41) is 0. The van der Waals surface area contributed by atoms with Crippen molar-refractivity contribution < 1.29 is 18.0 Å². The number of hydrogen-bond acceptors (Lipinski definition) is 2. The van der Waals surface area contributed by atoms with Crippen LogP contribution in [0.2, 0.25) is 0 Å². The molecule has 0 saturated carbocycles. The Morgan fingerprint density at radius 1 is 1.46 bits per heavy atom. The maximum absolute atomic E-state index is 12.0. The zero-order valence-electron chi connectivity index (χ0n) is 6.43. The summed E-state index contributed by atoms with van der Waals surface area (Å²) in [5.74, 6) is -0.659. The lowest BCUT2D eigenvalue weighted by Gasteiger charge is -2.05. The van der Waals surface area contributed by atoms with E-state index in [1.807, 2.05) is 0 Å². The number of pyridine rings is 1. The number of nitrogens with zero attached hydrogens (tertiary/aromatic N) is 1. The quantitative estimate of drug-likeness (QED) is 0.632. The van der Waals surface area contributed by atoms with Gasteiger partial charge >= 0.3 is 6.18 Å². The zero-order valence-corrected chi connectivity index (χ0v) is 6.43. The molecule has 0 unspecified atom stereocenters. The standard InChI is InChI=1S/C8H5F3NO/c1-5(13)6-2-3-12-7(4-6)8(9,10)11/h2-4H,1H2. The van der Waals surface area contributed by atoms with Gasteiger partial charge in [-0.15, -0.1) is 0 Å². The maximum atomic E-state index is 12.0. The molecule has 1 radical (unpaired) electrons. The van der Waals surface area contributed by atoms with Crippen LogP contribution in [-0.2, 0) is 6.18 Å². The van der Waals surface area contributed by atoms with Crippen molar-refractivity contribution in [2.45, 2.75) is 6.18 Å². The molecule has 1 aromatic rings. The first-order chi connectivity index (χ1) is 5.91. The number of aromatic nitrogens is 1. The van der Waals surface area contributed by atoms with Crippen LogP contribution in [0.1, 0.15) is 16.1 Å². The van der Waals surface area contributed by atoms with Crippen LogP contribution in [0.3, 0.4) is 0 Å². The third-order valence-electron chi connectivity index (χ3n) is 1.37. The molecule has 13 heavy (non-hydrogen) atoms. The fourth-order valence-electron chi connectivity index (χ4n) is 0.759. The number of ketones is 1. The van der Waals surface area contributed by atoms with Crippen LogP contribution in [0, 0.1) is 6.92 Å². The largest absolute Gasteiger partial charge is 0.433 e. The van der Waals surface area contributed by atoms with E-state index in [-0.39, 0.29) is 5.56 Å². The number of carbonyl (C=O) groups excluding carboxylic acids is 1. The number of carbonyl (C=O) groups is 1. The molecule has 0 aliphatic rings. The highest BCUT2D eigenvalue weighted by molar-refractivity contribution is 5.99. The molecule has 0 fully saturated rings. The fourth-order valence-corrected chi connectivity index (χ4v) is 0.759. The molecule has 1 aromatic heterocycles. The SMILES string of the molecule is [CH2]C(=O)c1ccnc(C(F)(F)F)c1. The van der Waals surface area contributed by atoms with E-state index in [1.54, 1.807) is 0 Å². The van der Waals surface area contributed by atoms with E-state index in [1.165, 1.54) is 6.07 Å². The van der Waals surface area contributed by atoms with Gasteiger partial charge < -0.3 is 0 Å². The molecule has 0 bridgehead atoms. The molecule has 0 spiro atoms. The second-order valence-electron chi connectivity index (χ2n) is 2.35. The first kappa shape index (κ1) is 9.70. The molecule has 1 rings (SSSR count). The van der Waals surface area contributed by atoms with Crippen molar-refractivity contribution >= 4 is 5.78 Å². The molecular weight excluding hydrogens is 183 g/mol. The van der Waals surface area contributed by atoms with Gasteiger partial charge in [-0.3, -0.25) is 9.78 Å². The maximum Gasteiger partial charge on any atom is 0.433 e. The van der Waals surface area contributed by atoms with Gasteiger partial charge in [0.05, 0.1) is 0 Å². The van der Waals surface area contributed by atoms with Gasteiger partial charge in [-0.05, 0) is 12.1 Å². The first-order valence-electron chi connectivity index (χ1n) is 3.31. The normalized spacial score (nSPS) is 11.4. The summed E-state index contributed by atoms with van der Waals surface area (Å²) in [5.41, 5.74) is -1.18. The molecule has 0 aliphatic carbocycles. The summed E-state index contributed by atoms with van der Waals surface area (Å²) < 4.78 is 36.1. The van der Waals surface area contributed by atoms with Crippen molar-refractivity contribution in [3.05, 3.63) is 36.5 Å². The molecule has 1 heterocycles.